The third-order valence-corrected chi connectivity index (χ3v) is 3.78. The van der Waals surface area contributed by atoms with Crippen LogP contribution >= 0.6 is 24.0 Å². The number of hydrogen-bond donors (Lipinski definition) is 2. The molecule has 2 N–H and O–H groups in total. The maximum absolute atomic E-state index is 5.90. The van der Waals surface area contributed by atoms with Crippen molar-refractivity contribution in [3.05, 3.63) is 47.8 Å². The largest absolute Gasteiger partial charge is 0.491 e. The Balaban J connectivity index is 0.00000312. The van der Waals surface area contributed by atoms with Crippen LogP contribution in [0.5, 0.6) is 5.75 Å². The molecule has 7 heteroatoms. The smallest absolute Gasteiger partial charge is 0.191 e. The molecule has 0 saturated heterocycles. The fraction of sp³-hybridized carbons (Fsp3) is 0.444. The lowest BCUT2D eigenvalue weighted by Gasteiger charge is -2.15. The summed E-state index contributed by atoms with van der Waals surface area (Å²) in [5, 5.41) is 10.7. The van der Waals surface area contributed by atoms with E-state index in [4.69, 9.17) is 4.74 Å². The van der Waals surface area contributed by atoms with Crippen LogP contribution in [0.25, 0.3) is 0 Å². The summed E-state index contributed by atoms with van der Waals surface area (Å²) in [4.78, 5) is 4.22. The van der Waals surface area contributed by atoms with Gasteiger partial charge in [-0.15, -0.1) is 24.0 Å². The van der Waals surface area contributed by atoms with Crippen molar-refractivity contribution < 1.29 is 4.74 Å². The Morgan fingerprint density at radius 1 is 1.24 bits per heavy atom. The van der Waals surface area contributed by atoms with Crippen molar-refractivity contribution in [2.75, 3.05) is 20.2 Å². The minimum Gasteiger partial charge on any atom is -0.491 e. The lowest BCUT2D eigenvalue weighted by molar-refractivity contribution is 0.317. The molecule has 0 atom stereocenters. The van der Waals surface area contributed by atoms with Crippen molar-refractivity contribution in [2.24, 2.45) is 12.0 Å². The molecule has 0 aliphatic heterocycles. The van der Waals surface area contributed by atoms with Gasteiger partial charge in [-0.25, -0.2) is 0 Å². The first-order valence-electron chi connectivity index (χ1n) is 8.25. The van der Waals surface area contributed by atoms with Gasteiger partial charge in [0.15, 0.2) is 5.96 Å². The normalized spacial score (nSPS) is 11.2. The van der Waals surface area contributed by atoms with Crippen molar-refractivity contribution in [2.45, 2.75) is 26.3 Å². The number of ether oxygens (including phenoxy) is 1. The van der Waals surface area contributed by atoms with Crippen LogP contribution in [0.2, 0.25) is 0 Å². The number of hydrogen-bond acceptors (Lipinski definition) is 3. The van der Waals surface area contributed by atoms with Gasteiger partial charge < -0.3 is 15.4 Å². The standard InChI is InChI=1S/C18H27N5O.HI/c1-14(2)16-7-5-6-8-17(16)24-12-11-20-18(19-3)21-13-15-9-10-22-23(15)4;/h5-10,14H,11-13H2,1-4H3,(H2,19,20,21);1H. The Kier molecular flexibility index (Phi) is 9.33. The maximum atomic E-state index is 5.90. The van der Waals surface area contributed by atoms with Crippen LogP contribution in [0.3, 0.4) is 0 Å². The van der Waals surface area contributed by atoms with E-state index in [1.54, 1.807) is 13.2 Å². The highest BCUT2D eigenvalue weighted by Gasteiger charge is 2.06. The molecular weight excluding hydrogens is 429 g/mol. The van der Waals surface area contributed by atoms with Gasteiger partial charge in [-0.1, -0.05) is 32.0 Å². The van der Waals surface area contributed by atoms with E-state index in [0.29, 0.717) is 25.6 Å². The van der Waals surface area contributed by atoms with Gasteiger partial charge in [0.05, 0.1) is 18.8 Å². The average molecular weight is 457 g/mol. The molecular formula is C18H28IN5O. The number of nitrogens with one attached hydrogen (secondary N) is 2. The zero-order chi connectivity index (χ0) is 17.4. The molecule has 0 bridgehead atoms. The van der Waals surface area contributed by atoms with Crippen molar-refractivity contribution in [3.63, 3.8) is 0 Å². The second kappa shape index (κ2) is 11.0. The lowest BCUT2D eigenvalue weighted by atomic mass is 10.0. The molecule has 0 fully saturated rings. The fourth-order valence-electron chi connectivity index (χ4n) is 2.39. The molecule has 1 heterocycles. The van der Waals surface area contributed by atoms with Crippen LogP contribution in [0.1, 0.15) is 31.0 Å². The average Bonchev–Trinajstić information content (AvgIpc) is 2.99. The van der Waals surface area contributed by atoms with Gasteiger partial charge in [-0.05, 0) is 23.6 Å². The van der Waals surface area contributed by atoms with E-state index in [0.717, 1.165) is 17.4 Å². The number of benzene rings is 1. The summed E-state index contributed by atoms with van der Waals surface area (Å²) in [6, 6.07) is 10.2. The molecule has 138 valence electrons. The summed E-state index contributed by atoms with van der Waals surface area (Å²) in [6.45, 7) is 6.27. The first-order valence-corrected chi connectivity index (χ1v) is 8.25. The van der Waals surface area contributed by atoms with Crippen molar-refractivity contribution in [1.29, 1.82) is 0 Å². The minimum atomic E-state index is 0. The topological polar surface area (TPSA) is 63.5 Å². The molecule has 0 unspecified atom stereocenters. The van der Waals surface area contributed by atoms with E-state index in [-0.39, 0.29) is 24.0 Å². The Hall–Kier alpha value is -1.77. The first kappa shape index (κ1) is 21.3. The summed E-state index contributed by atoms with van der Waals surface area (Å²) in [5.41, 5.74) is 2.33. The highest BCUT2D eigenvalue weighted by atomic mass is 127. The van der Waals surface area contributed by atoms with E-state index >= 15 is 0 Å². The number of halogens is 1. The SMILES string of the molecule is CN=C(NCCOc1ccccc1C(C)C)NCc1ccnn1C.I. The van der Waals surface area contributed by atoms with Crippen molar-refractivity contribution >= 4 is 29.9 Å². The summed E-state index contributed by atoms with van der Waals surface area (Å²) in [7, 11) is 3.68. The van der Waals surface area contributed by atoms with E-state index < -0.39 is 0 Å². The van der Waals surface area contributed by atoms with E-state index in [9.17, 15) is 0 Å². The monoisotopic (exact) mass is 457 g/mol. The van der Waals surface area contributed by atoms with Crippen LogP contribution in [0.15, 0.2) is 41.5 Å². The van der Waals surface area contributed by atoms with Crippen molar-refractivity contribution in [1.82, 2.24) is 20.4 Å². The molecule has 0 radical (unpaired) electrons. The molecule has 2 aromatic rings. The summed E-state index contributed by atoms with van der Waals surface area (Å²) < 4.78 is 7.74. The highest BCUT2D eigenvalue weighted by molar-refractivity contribution is 14.0. The van der Waals surface area contributed by atoms with E-state index in [1.807, 2.05) is 36.0 Å². The number of aryl methyl sites for hydroxylation is 1. The van der Waals surface area contributed by atoms with Crippen LogP contribution < -0.4 is 15.4 Å². The number of aromatic nitrogens is 2. The Morgan fingerprint density at radius 2 is 2.00 bits per heavy atom. The van der Waals surface area contributed by atoms with Crippen LogP contribution in [-0.2, 0) is 13.6 Å². The minimum absolute atomic E-state index is 0. The molecule has 0 aliphatic rings. The number of nitrogens with zero attached hydrogens (tertiary/aromatic N) is 3. The first-order chi connectivity index (χ1) is 11.6. The predicted molar refractivity (Wildman–Crippen MR) is 113 cm³/mol. The second-order valence-electron chi connectivity index (χ2n) is 5.84. The molecule has 0 spiro atoms. The van der Waals surface area contributed by atoms with Gasteiger partial charge in [-0.2, -0.15) is 5.10 Å². The Morgan fingerprint density at radius 3 is 2.64 bits per heavy atom. The third kappa shape index (κ3) is 6.56. The van der Waals surface area contributed by atoms with Crippen LogP contribution in [0, 0.1) is 0 Å². The lowest BCUT2D eigenvalue weighted by Crippen LogP contribution is -2.39. The molecule has 0 amide bonds. The number of guanidine groups is 1. The Bertz CT molecular complexity index is 669. The quantitative estimate of drug-likeness (QED) is 0.291. The molecule has 1 aromatic carbocycles. The van der Waals surface area contributed by atoms with Gasteiger partial charge in [0.25, 0.3) is 0 Å². The fourth-order valence-corrected chi connectivity index (χ4v) is 2.39. The van der Waals surface area contributed by atoms with Crippen molar-refractivity contribution in [3.8, 4) is 5.75 Å². The van der Waals surface area contributed by atoms with Crippen LogP contribution in [0.4, 0.5) is 0 Å². The van der Waals surface area contributed by atoms with E-state index in [1.165, 1.54) is 5.56 Å². The van der Waals surface area contributed by atoms with Crippen LogP contribution in [-0.4, -0.2) is 35.9 Å². The molecule has 1 aromatic heterocycles. The second-order valence-corrected chi connectivity index (χ2v) is 5.84. The maximum Gasteiger partial charge on any atom is 0.191 e. The summed E-state index contributed by atoms with van der Waals surface area (Å²) in [6.07, 6.45) is 1.78. The highest BCUT2D eigenvalue weighted by Crippen LogP contribution is 2.25. The zero-order valence-electron chi connectivity index (χ0n) is 15.3. The third-order valence-electron chi connectivity index (χ3n) is 3.78. The molecule has 0 saturated carbocycles. The number of para-hydroxylation sites is 1. The van der Waals surface area contributed by atoms with Gasteiger partial charge in [0, 0.05) is 20.3 Å². The number of aliphatic imine (C=N–C) groups is 1. The van der Waals surface area contributed by atoms with Gasteiger partial charge in [0.2, 0.25) is 0 Å². The number of rotatable bonds is 7. The van der Waals surface area contributed by atoms with Gasteiger partial charge >= 0.3 is 0 Å². The van der Waals surface area contributed by atoms with E-state index in [2.05, 4.69) is 40.6 Å². The molecule has 6 nitrogen and oxygen atoms in total. The van der Waals surface area contributed by atoms with Gasteiger partial charge in [0.1, 0.15) is 12.4 Å². The zero-order valence-corrected chi connectivity index (χ0v) is 17.7. The van der Waals surface area contributed by atoms with Gasteiger partial charge in [-0.3, -0.25) is 9.67 Å². The summed E-state index contributed by atoms with van der Waals surface area (Å²) in [5.74, 6) is 2.14. The molecule has 0 aliphatic carbocycles. The molecule has 2 rings (SSSR count). The molecule has 25 heavy (non-hydrogen) atoms. The Labute approximate surface area is 167 Å². The summed E-state index contributed by atoms with van der Waals surface area (Å²) >= 11 is 0. The predicted octanol–water partition coefficient (Wildman–Crippen LogP) is 2.91.